The second-order valence-electron chi connectivity index (χ2n) is 5.68. The molecule has 0 spiro atoms. The second kappa shape index (κ2) is 5.30. The van der Waals surface area contributed by atoms with Crippen molar-refractivity contribution < 1.29 is 4.43 Å². The van der Waals surface area contributed by atoms with Gasteiger partial charge in [-0.1, -0.05) is 42.7 Å². The molecule has 1 aromatic rings. The Bertz CT molecular complexity index is 424. The summed E-state index contributed by atoms with van der Waals surface area (Å²) in [6.45, 7) is 4.49. The average molecular weight is 258 g/mol. The van der Waals surface area contributed by atoms with Crippen molar-refractivity contribution in [1.29, 1.82) is 0 Å². The van der Waals surface area contributed by atoms with E-state index < -0.39 is 8.32 Å². The molecule has 0 amide bonds. The smallest absolute Gasteiger partial charge is 0.220 e. The van der Waals surface area contributed by atoms with Crippen LogP contribution >= 0.6 is 0 Å². The van der Waals surface area contributed by atoms with Crippen molar-refractivity contribution in [2.75, 3.05) is 0 Å². The molecule has 1 saturated carbocycles. The van der Waals surface area contributed by atoms with E-state index in [4.69, 9.17) is 10.8 Å². The molecule has 0 N–H and O–H groups in total. The maximum absolute atomic E-state index is 6.50. The van der Waals surface area contributed by atoms with Crippen LogP contribution in [0.2, 0.25) is 13.1 Å². The largest absolute Gasteiger partial charge is 0.397 e. The predicted molar refractivity (Wildman–Crippen MR) is 79.3 cm³/mol. The Morgan fingerprint density at radius 2 is 1.72 bits per heavy atom. The van der Waals surface area contributed by atoms with Crippen LogP contribution in [-0.4, -0.2) is 13.9 Å². The molecule has 0 unspecified atom stereocenters. The highest BCUT2D eigenvalue weighted by atomic mass is 28.4. The van der Waals surface area contributed by atoms with Crippen molar-refractivity contribution in [3.63, 3.8) is 0 Å². The maximum atomic E-state index is 6.50. The highest BCUT2D eigenvalue weighted by Gasteiger charge is 2.38. The molecule has 0 atom stereocenters. The normalized spacial score (nSPS) is 19.2. The van der Waals surface area contributed by atoms with Gasteiger partial charge in [-0.05, 0) is 44.0 Å². The molecule has 18 heavy (non-hydrogen) atoms. The summed E-state index contributed by atoms with van der Waals surface area (Å²) in [5.74, 6) is 2.96. The minimum Gasteiger partial charge on any atom is -0.397 e. The van der Waals surface area contributed by atoms with Crippen LogP contribution in [0.25, 0.3) is 0 Å². The minimum absolute atomic E-state index is 0.302. The Labute approximate surface area is 112 Å². The number of rotatable bonds is 3. The molecule has 1 nitrogen and oxygen atoms in total. The molecular weight excluding hydrogens is 236 g/mol. The van der Waals surface area contributed by atoms with Crippen molar-refractivity contribution >= 4 is 13.5 Å². The molecule has 0 heterocycles. The van der Waals surface area contributed by atoms with Crippen LogP contribution in [0.1, 0.15) is 32.1 Å². The first-order chi connectivity index (χ1) is 8.58. The van der Waals surface area contributed by atoms with Crippen LogP contribution < -0.4 is 5.19 Å². The molecule has 1 aromatic carbocycles. The lowest BCUT2D eigenvalue weighted by molar-refractivity contribution is 0.0817. The molecule has 1 aliphatic carbocycles. The topological polar surface area (TPSA) is 9.23 Å². The zero-order valence-electron chi connectivity index (χ0n) is 11.4. The lowest BCUT2D eigenvalue weighted by Crippen LogP contribution is -2.52. The fourth-order valence-electron chi connectivity index (χ4n) is 2.79. The fourth-order valence-corrected chi connectivity index (χ4v) is 5.14. The Morgan fingerprint density at radius 3 is 2.28 bits per heavy atom. The maximum Gasteiger partial charge on any atom is 0.220 e. The summed E-state index contributed by atoms with van der Waals surface area (Å²) in [6.07, 6.45) is 11.5. The van der Waals surface area contributed by atoms with Gasteiger partial charge in [-0.15, -0.1) is 6.42 Å². The number of benzene rings is 1. The van der Waals surface area contributed by atoms with Crippen LogP contribution in [0.3, 0.4) is 0 Å². The van der Waals surface area contributed by atoms with Gasteiger partial charge < -0.3 is 4.43 Å². The van der Waals surface area contributed by atoms with Gasteiger partial charge in [0, 0.05) is 0 Å². The van der Waals surface area contributed by atoms with Crippen LogP contribution in [0, 0.1) is 12.3 Å². The van der Waals surface area contributed by atoms with E-state index >= 15 is 0 Å². The van der Waals surface area contributed by atoms with E-state index in [1.54, 1.807) is 0 Å². The van der Waals surface area contributed by atoms with Gasteiger partial charge >= 0.3 is 0 Å². The molecule has 0 saturated heterocycles. The van der Waals surface area contributed by atoms with E-state index in [0.29, 0.717) is 0 Å². The predicted octanol–water partition coefficient (Wildman–Crippen LogP) is 3.45. The molecule has 1 aliphatic rings. The third-order valence-electron chi connectivity index (χ3n) is 3.84. The zero-order chi connectivity index (χ0) is 13.1. The van der Waals surface area contributed by atoms with E-state index in [0.717, 1.165) is 12.8 Å². The van der Waals surface area contributed by atoms with Gasteiger partial charge in [-0.25, -0.2) is 0 Å². The van der Waals surface area contributed by atoms with Crippen molar-refractivity contribution in [3.8, 4) is 12.3 Å². The third kappa shape index (κ3) is 2.85. The molecule has 1 fully saturated rings. The monoisotopic (exact) mass is 258 g/mol. The number of terminal acetylenes is 1. The molecule has 2 rings (SSSR count). The Morgan fingerprint density at radius 1 is 1.11 bits per heavy atom. The van der Waals surface area contributed by atoms with E-state index in [-0.39, 0.29) is 5.60 Å². The molecule has 96 valence electrons. The van der Waals surface area contributed by atoms with E-state index in [2.05, 4.69) is 43.3 Å². The highest BCUT2D eigenvalue weighted by molar-refractivity contribution is 6.84. The summed E-state index contributed by atoms with van der Waals surface area (Å²) in [4.78, 5) is 0. The van der Waals surface area contributed by atoms with E-state index in [1.165, 1.54) is 24.4 Å². The van der Waals surface area contributed by atoms with Crippen LogP contribution in [0.5, 0.6) is 0 Å². The zero-order valence-corrected chi connectivity index (χ0v) is 12.4. The van der Waals surface area contributed by atoms with Crippen molar-refractivity contribution in [3.05, 3.63) is 30.3 Å². The van der Waals surface area contributed by atoms with Crippen LogP contribution in [0.15, 0.2) is 30.3 Å². The van der Waals surface area contributed by atoms with Gasteiger partial charge in [0.25, 0.3) is 0 Å². The molecule has 0 bridgehead atoms. The van der Waals surface area contributed by atoms with Crippen molar-refractivity contribution in [2.24, 2.45) is 0 Å². The quantitative estimate of drug-likeness (QED) is 0.596. The standard InChI is InChI=1S/C16H22OSi/c1-4-16(13-9-6-10-14-16)17-18(2,3)15-11-7-5-8-12-15/h1,5,7-8,11-12H,6,9-10,13-14H2,2-3H3. The average Bonchev–Trinajstić information content (AvgIpc) is 2.40. The molecular formula is C16H22OSi. The summed E-state index contributed by atoms with van der Waals surface area (Å²) in [5, 5.41) is 1.32. The van der Waals surface area contributed by atoms with Gasteiger partial charge in [-0.3, -0.25) is 0 Å². The summed E-state index contributed by atoms with van der Waals surface area (Å²) in [5.41, 5.74) is -0.302. The lowest BCUT2D eigenvalue weighted by Gasteiger charge is -2.39. The summed E-state index contributed by atoms with van der Waals surface area (Å²) >= 11 is 0. The van der Waals surface area contributed by atoms with Gasteiger partial charge in [0.2, 0.25) is 8.32 Å². The molecule has 0 radical (unpaired) electrons. The van der Waals surface area contributed by atoms with Crippen LogP contribution in [0.4, 0.5) is 0 Å². The van der Waals surface area contributed by atoms with E-state index in [9.17, 15) is 0 Å². The number of hydrogen-bond acceptors (Lipinski definition) is 1. The van der Waals surface area contributed by atoms with Gasteiger partial charge in [0.15, 0.2) is 0 Å². The van der Waals surface area contributed by atoms with Gasteiger partial charge in [0.1, 0.15) is 5.60 Å². The van der Waals surface area contributed by atoms with E-state index in [1.807, 2.05) is 6.07 Å². The second-order valence-corrected chi connectivity index (χ2v) is 9.48. The molecule has 0 aliphatic heterocycles. The van der Waals surface area contributed by atoms with Crippen molar-refractivity contribution in [1.82, 2.24) is 0 Å². The number of hydrogen-bond donors (Lipinski definition) is 0. The Hall–Kier alpha value is -1.04. The first kappa shape index (κ1) is 13.4. The summed E-state index contributed by atoms with van der Waals surface area (Å²) in [6, 6.07) is 10.5. The SMILES string of the molecule is C#CC1(O[Si](C)(C)c2ccccc2)CCCCC1. The van der Waals surface area contributed by atoms with Gasteiger partial charge in [-0.2, -0.15) is 0 Å². The fraction of sp³-hybridized carbons (Fsp3) is 0.500. The summed E-state index contributed by atoms with van der Waals surface area (Å²) < 4.78 is 6.50. The third-order valence-corrected chi connectivity index (χ3v) is 6.47. The molecule has 2 heteroatoms. The lowest BCUT2D eigenvalue weighted by atomic mass is 9.86. The molecule has 0 aromatic heterocycles. The van der Waals surface area contributed by atoms with Gasteiger partial charge in [0.05, 0.1) is 0 Å². The first-order valence-corrected chi connectivity index (χ1v) is 9.72. The Kier molecular flexibility index (Phi) is 3.94. The van der Waals surface area contributed by atoms with Crippen LogP contribution in [-0.2, 0) is 4.43 Å². The Balaban J connectivity index is 2.19. The highest BCUT2D eigenvalue weighted by Crippen LogP contribution is 2.33. The first-order valence-electron chi connectivity index (χ1n) is 6.81. The minimum atomic E-state index is -1.90. The van der Waals surface area contributed by atoms with Crippen molar-refractivity contribution in [2.45, 2.75) is 50.8 Å². The summed E-state index contributed by atoms with van der Waals surface area (Å²) in [7, 11) is -1.90.